The molecule has 0 aliphatic heterocycles. The highest BCUT2D eigenvalue weighted by Crippen LogP contribution is 2.18. The molecule has 1 rings (SSSR count). The molecular weight excluding hydrogens is 487 g/mol. The van der Waals surface area contributed by atoms with Crippen molar-refractivity contribution in [3.63, 3.8) is 0 Å². The minimum Gasteiger partial charge on any atom is -0.357 e. The van der Waals surface area contributed by atoms with Gasteiger partial charge in [-0.3, -0.25) is 0 Å². The molecule has 6 nitrogen and oxygen atoms in total. The van der Waals surface area contributed by atoms with Crippen molar-refractivity contribution in [2.24, 2.45) is 4.99 Å². The number of halogens is 1. The molecular formula is C20H35IN4O2S. The Bertz CT molecular complexity index is 743. The molecule has 8 heteroatoms. The van der Waals surface area contributed by atoms with Gasteiger partial charge in [0.05, 0.1) is 11.4 Å². The van der Waals surface area contributed by atoms with E-state index in [1.165, 1.54) is 0 Å². The molecule has 0 amide bonds. The van der Waals surface area contributed by atoms with Gasteiger partial charge in [0.25, 0.3) is 0 Å². The molecule has 2 N–H and O–H groups in total. The van der Waals surface area contributed by atoms with Crippen LogP contribution in [0.25, 0.3) is 0 Å². The lowest BCUT2D eigenvalue weighted by Gasteiger charge is -2.23. The summed E-state index contributed by atoms with van der Waals surface area (Å²) >= 11 is 0. The van der Waals surface area contributed by atoms with Gasteiger partial charge >= 0.3 is 0 Å². The number of hydrogen-bond acceptors (Lipinski definition) is 3. The van der Waals surface area contributed by atoms with E-state index in [2.05, 4.69) is 26.5 Å². The number of hydrogen-bond donors (Lipinski definition) is 2. The van der Waals surface area contributed by atoms with E-state index < -0.39 is 15.6 Å². The third-order valence-electron chi connectivity index (χ3n) is 3.70. The first-order chi connectivity index (χ1) is 12.6. The van der Waals surface area contributed by atoms with Gasteiger partial charge < -0.3 is 10.2 Å². The Morgan fingerprint density at radius 3 is 2.50 bits per heavy atom. The van der Waals surface area contributed by atoms with Crippen LogP contribution in [0.1, 0.15) is 46.1 Å². The molecule has 1 aromatic rings. The third kappa shape index (κ3) is 9.38. The van der Waals surface area contributed by atoms with Crippen LogP contribution in [0, 0.1) is 0 Å². The number of sulfonamides is 1. The second-order valence-corrected chi connectivity index (χ2v) is 9.14. The lowest BCUT2D eigenvalue weighted by molar-refractivity contribution is 0.469. The zero-order chi connectivity index (χ0) is 20.5. The normalized spacial score (nSPS) is 12.2. The molecule has 0 aliphatic rings. The summed E-state index contributed by atoms with van der Waals surface area (Å²) < 4.78 is 28.2. The van der Waals surface area contributed by atoms with Gasteiger partial charge in [-0.15, -0.1) is 30.6 Å². The maximum absolute atomic E-state index is 12.8. The lowest BCUT2D eigenvalue weighted by Crippen LogP contribution is -2.41. The number of aliphatic imine (C=N–C) groups is 1. The average molecular weight is 522 g/mol. The minimum atomic E-state index is -3.61. The van der Waals surface area contributed by atoms with Gasteiger partial charge in [0, 0.05) is 25.7 Å². The van der Waals surface area contributed by atoms with E-state index in [-0.39, 0.29) is 35.4 Å². The number of guanidine groups is 1. The van der Waals surface area contributed by atoms with Crippen LogP contribution >= 0.6 is 24.0 Å². The van der Waals surface area contributed by atoms with Crippen molar-refractivity contribution < 1.29 is 8.42 Å². The second kappa shape index (κ2) is 12.4. The van der Waals surface area contributed by atoms with E-state index in [4.69, 9.17) is 0 Å². The highest BCUT2D eigenvalue weighted by molar-refractivity contribution is 14.0. The molecule has 1 aromatic carbocycles. The first-order valence-corrected chi connectivity index (χ1v) is 10.8. The van der Waals surface area contributed by atoms with Crippen molar-refractivity contribution in [2.75, 3.05) is 20.1 Å². The van der Waals surface area contributed by atoms with E-state index in [0.717, 1.165) is 31.9 Å². The number of unbranched alkanes of at least 4 members (excludes halogenated alkanes) is 1. The van der Waals surface area contributed by atoms with Crippen LogP contribution in [0.5, 0.6) is 0 Å². The summed E-state index contributed by atoms with van der Waals surface area (Å²) in [6.07, 6.45) is 3.84. The fourth-order valence-electron chi connectivity index (χ4n) is 2.56. The van der Waals surface area contributed by atoms with Gasteiger partial charge in [-0.05, 0) is 52.2 Å². The number of rotatable bonds is 9. The largest absolute Gasteiger partial charge is 0.357 e. The summed E-state index contributed by atoms with van der Waals surface area (Å²) in [6, 6.07) is 7.00. The summed E-state index contributed by atoms with van der Waals surface area (Å²) in [5.41, 5.74) is 0.124. The van der Waals surface area contributed by atoms with Crippen LogP contribution < -0.4 is 10.0 Å². The maximum Gasteiger partial charge on any atom is 0.241 e. The van der Waals surface area contributed by atoms with Crippen LogP contribution in [-0.4, -0.2) is 45.0 Å². The second-order valence-electron chi connectivity index (χ2n) is 7.49. The number of nitrogens with one attached hydrogen (secondary N) is 2. The summed E-state index contributed by atoms with van der Waals surface area (Å²) in [4.78, 5) is 6.97. The molecule has 0 bridgehead atoms. The minimum absolute atomic E-state index is 0. The van der Waals surface area contributed by atoms with Crippen molar-refractivity contribution in [3.05, 3.63) is 42.5 Å². The van der Waals surface area contributed by atoms with Crippen molar-refractivity contribution in [3.8, 4) is 0 Å². The Balaban J connectivity index is 0.00000729. The first-order valence-electron chi connectivity index (χ1n) is 9.33. The van der Waals surface area contributed by atoms with Crippen molar-refractivity contribution in [1.29, 1.82) is 0 Å². The van der Waals surface area contributed by atoms with E-state index in [9.17, 15) is 8.42 Å². The standard InChI is InChI=1S/C20H34N4O2S.HI/c1-7-9-12-15-24(6)19(21-8-2)22-16-17-13-10-11-14-18(17)27(25,26)23-20(3,4)5;/h7,10-11,13-14,23H,1,8-9,12,15-16H2,2-6H3,(H,21,22);1H. The molecule has 28 heavy (non-hydrogen) atoms. The van der Waals surface area contributed by atoms with Crippen LogP contribution in [0.3, 0.4) is 0 Å². The summed E-state index contributed by atoms with van der Waals surface area (Å²) in [6.45, 7) is 13.1. The molecule has 0 atom stereocenters. The Morgan fingerprint density at radius 2 is 1.93 bits per heavy atom. The van der Waals surface area contributed by atoms with Gasteiger partial charge in [0.2, 0.25) is 10.0 Å². The van der Waals surface area contributed by atoms with E-state index >= 15 is 0 Å². The molecule has 0 saturated heterocycles. The molecule has 0 heterocycles. The Hall–Kier alpha value is -1.13. The monoisotopic (exact) mass is 522 g/mol. The number of allylic oxidation sites excluding steroid dienone is 1. The van der Waals surface area contributed by atoms with Gasteiger partial charge in [0.1, 0.15) is 0 Å². The predicted molar refractivity (Wildman–Crippen MR) is 129 cm³/mol. The maximum atomic E-state index is 12.8. The quantitative estimate of drug-likeness (QED) is 0.170. The van der Waals surface area contributed by atoms with Crippen molar-refractivity contribution in [2.45, 2.75) is 57.5 Å². The van der Waals surface area contributed by atoms with Gasteiger partial charge in [-0.1, -0.05) is 24.3 Å². The highest BCUT2D eigenvalue weighted by atomic mass is 127. The highest BCUT2D eigenvalue weighted by Gasteiger charge is 2.24. The molecule has 0 aromatic heterocycles. The fourth-order valence-corrected chi connectivity index (χ4v) is 4.21. The lowest BCUT2D eigenvalue weighted by atomic mass is 10.1. The Kier molecular flexibility index (Phi) is 11.9. The molecule has 0 unspecified atom stereocenters. The van der Waals surface area contributed by atoms with E-state index in [1.807, 2.05) is 53.0 Å². The van der Waals surface area contributed by atoms with Crippen molar-refractivity contribution in [1.82, 2.24) is 14.9 Å². The molecule has 0 saturated carbocycles. The fraction of sp³-hybridized carbons (Fsp3) is 0.550. The topological polar surface area (TPSA) is 73.8 Å². The zero-order valence-corrected chi connectivity index (χ0v) is 20.8. The molecule has 0 aliphatic carbocycles. The van der Waals surface area contributed by atoms with E-state index in [0.29, 0.717) is 5.56 Å². The van der Waals surface area contributed by atoms with Crippen LogP contribution in [0.4, 0.5) is 0 Å². The smallest absolute Gasteiger partial charge is 0.241 e. The van der Waals surface area contributed by atoms with Crippen LogP contribution in [-0.2, 0) is 16.6 Å². The van der Waals surface area contributed by atoms with Gasteiger partial charge in [-0.2, -0.15) is 0 Å². The average Bonchev–Trinajstić information content (AvgIpc) is 2.57. The summed E-state index contributed by atoms with van der Waals surface area (Å²) in [7, 11) is -1.63. The summed E-state index contributed by atoms with van der Waals surface area (Å²) in [5.74, 6) is 0.762. The van der Waals surface area contributed by atoms with Gasteiger partial charge in [0.15, 0.2) is 5.96 Å². The number of benzene rings is 1. The molecule has 0 fully saturated rings. The first kappa shape index (κ1) is 26.9. The molecule has 160 valence electrons. The Morgan fingerprint density at radius 1 is 1.29 bits per heavy atom. The van der Waals surface area contributed by atoms with Crippen LogP contribution in [0.15, 0.2) is 46.8 Å². The van der Waals surface area contributed by atoms with Gasteiger partial charge in [-0.25, -0.2) is 18.1 Å². The summed E-state index contributed by atoms with van der Waals surface area (Å²) in [5, 5.41) is 3.26. The molecule has 0 radical (unpaired) electrons. The van der Waals surface area contributed by atoms with Crippen LogP contribution in [0.2, 0.25) is 0 Å². The predicted octanol–water partition coefficient (Wildman–Crippen LogP) is 3.74. The zero-order valence-electron chi connectivity index (χ0n) is 17.7. The van der Waals surface area contributed by atoms with Crippen molar-refractivity contribution >= 4 is 40.0 Å². The van der Waals surface area contributed by atoms with E-state index in [1.54, 1.807) is 12.1 Å². The SMILES string of the molecule is C=CCCCN(C)C(=NCc1ccccc1S(=O)(=O)NC(C)(C)C)NCC.I. The number of nitrogens with zero attached hydrogens (tertiary/aromatic N) is 2. The molecule has 0 spiro atoms. The third-order valence-corrected chi connectivity index (χ3v) is 5.56. The Labute approximate surface area is 188 Å².